The first kappa shape index (κ1) is 27.4. The van der Waals surface area contributed by atoms with Crippen LogP contribution in [-0.2, 0) is 14.3 Å². The van der Waals surface area contributed by atoms with Crippen LogP contribution in [0.4, 0.5) is 0 Å². The van der Waals surface area contributed by atoms with E-state index in [0.717, 1.165) is 11.3 Å². The predicted molar refractivity (Wildman–Crippen MR) is 148 cm³/mol. The lowest BCUT2D eigenvalue weighted by Gasteiger charge is -2.38. The molecule has 2 aromatic rings. The van der Waals surface area contributed by atoms with E-state index in [1.54, 1.807) is 19.1 Å². The molecule has 1 heterocycles. The Morgan fingerprint density at radius 1 is 1.16 bits per heavy atom. The lowest BCUT2D eigenvalue weighted by molar-refractivity contribution is -0.140. The maximum Gasteiger partial charge on any atom is 0.336 e. The van der Waals surface area contributed by atoms with Crippen LogP contribution >= 0.6 is 27.5 Å². The first-order valence-electron chi connectivity index (χ1n) is 12.5. The molecule has 4 rings (SSSR count). The van der Waals surface area contributed by atoms with Crippen molar-refractivity contribution in [2.24, 2.45) is 16.8 Å². The number of ether oxygens (including phenoxy) is 2. The monoisotopic (exact) mass is 587 g/mol. The van der Waals surface area contributed by atoms with Crippen LogP contribution in [0.1, 0.15) is 63.5 Å². The molecule has 2 aromatic carbocycles. The van der Waals surface area contributed by atoms with Gasteiger partial charge in [0.25, 0.3) is 0 Å². The number of aliphatic imine (C=N–C) groups is 1. The number of hydrogen-bond acceptors (Lipinski definition) is 6. The Kier molecular flexibility index (Phi) is 8.44. The van der Waals surface area contributed by atoms with Crippen LogP contribution in [-0.4, -0.2) is 35.8 Å². The van der Waals surface area contributed by atoms with Crippen LogP contribution in [0.15, 0.2) is 57.1 Å². The van der Waals surface area contributed by atoms with Gasteiger partial charge in [-0.2, -0.15) is 0 Å². The van der Waals surface area contributed by atoms with Crippen LogP contribution < -0.4 is 4.74 Å². The molecule has 0 bridgehead atoms. The molecule has 1 N–H and O–H groups in total. The van der Waals surface area contributed by atoms with Gasteiger partial charge in [-0.1, -0.05) is 37.6 Å². The summed E-state index contributed by atoms with van der Waals surface area (Å²) in [6, 6.07) is 11.0. The minimum atomic E-state index is -0.611. The number of Topliss-reactive ketones (excluding diaryl/α,β-unsaturated/α-hetero) is 1. The highest BCUT2D eigenvalue weighted by Crippen LogP contribution is 2.48. The predicted octanol–water partition coefficient (Wildman–Crippen LogP) is 6.98. The Hall–Kier alpha value is -2.64. The van der Waals surface area contributed by atoms with Crippen molar-refractivity contribution < 1.29 is 24.2 Å². The molecule has 0 radical (unpaired) electrons. The van der Waals surface area contributed by atoms with Gasteiger partial charge in [0, 0.05) is 28.8 Å². The molecule has 37 heavy (non-hydrogen) atoms. The second-order valence-electron chi connectivity index (χ2n) is 9.96. The van der Waals surface area contributed by atoms with Crippen molar-refractivity contribution in [1.29, 1.82) is 0 Å². The average Bonchev–Trinajstić information content (AvgIpc) is 2.84. The number of esters is 1. The fourth-order valence-corrected chi connectivity index (χ4v) is 5.72. The Morgan fingerprint density at radius 2 is 1.86 bits per heavy atom. The van der Waals surface area contributed by atoms with Gasteiger partial charge in [0.05, 0.1) is 29.2 Å². The maximum absolute atomic E-state index is 13.8. The zero-order chi connectivity index (χ0) is 26.9. The Balaban J connectivity index is 1.81. The number of phenolic OH excluding ortho intramolecular Hbond substituents is 1. The molecule has 3 atom stereocenters. The summed E-state index contributed by atoms with van der Waals surface area (Å²) in [5, 5.41) is 11.2. The third-order valence-corrected chi connectivity index (χ3v) is 7.63. The zero-order valence-corrected chi connectivity index (χ0v) is 23.7. The van der Waals surface area contributed by atoms with Crippen molar-refractivity contribution in [2.75, 3.05) is 13.2 Å². The highest BCUT2D eigenvalue weighted by molar-refractivity contribution is 9.10. The van der Waals surface area contributed by atoms with Gasteiger partial charge in [0.2, 0.25) is 0 Å². The van der Waals surface area contributed by atoms with Gasteiger partial charge in [-0.25, -0.2) is 4.79 Å². The third-order valence-electron chi connectivity index (χ3n) is 6.77. The van der Waals surface area contributed by atoms with Crippen molar-refractivity contribution in [3.63, 3.8) is 0 Å². The van der Waals surface area contributed by atoms with Crippen molar-refractivity contribution in [2.45, 2.75) is 52.4 Å². The maximum atomic E-state index is 13.8. The third kappa shape index (κ3) is 5.78. The van der Waals surface area contributed by atoms with E-state index in [-0.39, 0.29) is 35.7 Å². The molecule has 1 saturated carbocycles. The fraction of sp³-hybridized carbons (Fsp3) is 0.414. The molecule has 1 aliphatic carbocycles. The van der Waals surface area contributed by atoms with Crippen LogP contribution in [0.25, 0.3) is 0 Å². The van der Waals surface area contributed by atoms with Crippen LogP contribution in [0.2, 0.25) is 5.02 Å². The van der Waals surface area contributed by atoms with Crippen LogP contribution in [0.3, 0.4) is 0 Å². The van der Waals surface area contributed by atoms with Gasteiger partial charge in [-0.15, -0.1) is 0 Å². The van der Waals surface area contributed by atoms with E-state index in [9.17, 15) is 14.7 Å². The summed E-state index contributed by atoms with van der Waals surface area (Å²) in [7, 11) is 0. The number of nitrogens with zero attached hydrogens (tertiary/aromatic N) is 1. The number of allylic oxidation sites excluding steroid dienone is 1. The first-order valence-corrected chi connectivity index (χ1v) is 13.7. The smallest absolute Gasteiger partial charge is 0.336 e. The minimum absolute atomic E-state index is 0.0127. The van der Waals surface area contributed by atoms with Gasteiger partial charge < -0.3 is 14.6 Å². The van der Waals surface area contributed by atoms with Gasteiger partial charge in [-0.3, -0.25) is 9.79 Å². The van der Waals surface area contributed by atoms with Crippen LogP contribution in [0, 0.1) is 11.8 Å². The number of halogens is 2. The van der Waals surface area contributed by atoms with Crippen LogP contribution in [0.5, 0.6) is 11.5 Å². The summed E-state index contributed by atoms with van der Waals surface area (Å²) in [4.78, 5) is 32.0. The molecular weight excluding hydrogens is 558 g/mol. The Bertz CT molecular complexity index is 1270. The molecule has 0 amide bonds. The number of carbonyl (C=O) groups is 2. The number of phenols is 1. The lowest BCUT2D eigenvalue weighted by atomic mass is 9.66. The summed E-state index contributed by atoms with van der Waals surface area (Å²) < 4.78 is 11.7. The molecule has 0 aromatic heterocycles. The van der Waals surface area contributed by atoms with Crippen molar-refractivity contribution in [3.05, 3.63) is 68.3 Å². The largest absolute Gasteiger partial charge is 0.503 e. The second-order valence-corrected chi connectivity index (χ2v) is 11.2. The van der Waals surface area contributed by atoms with Gasteiger partial charge in [0.15, 0.2) is 11.5 Å². The van der Waals surface area contributed by atoms with E-state index < -0.39 is 17.8 Å². The SMILES string of the molecule is CCOc1cc([C@@H]2C(C(=O)OCC(C)C)=C(C)N=C3C[C@H](c4ccc(Cl)cc4)CC(=O)C32)cc(Br)c1O. The summed E-state index contributed by atoms with van der Waals surface area (Å²) in [6.45, 7) is 8.17. The van der Waals surface area contributed by atoms with Crippen molar-refractivity contribution >= 4 is 45.0 Å². The van der Waals surface area contributed by atoms with E-state index >= 15 is 0 Å². The number of hydrogen-bond donors (Lipinski definition) is 1. The van der Waals surface area contributed by atoms with Gasteiger partial charge >= 0.3 is 5.97 Å². The zero-order valence-electron chi connectivity index (χ0n) is 21.4. The number of aromatic hydroxyl groups is 1. The number of carbonyl (C=O) groups excluding carboxylic acids is 2. The highest BCUT2D eigenvalue weighted by Gasteiger charge is 2.46. The van der Waals surface area contributed by atoms with E-state index in [2.05, 4.69) is 15.9 Å². The van der Waals surface area contributed by atoms with Gasteiger partial charge in [-0.05, 0) is 83.4 Å². The summed E-state index contributed by atoms with van der Waals surface area (Å²) in [5.41, 5.74) is 3.37. The molecule has 6 nitrogen and oxygen atoms in total. The summed E-state index contributed by atoms with van der Waals surface area (Å²) in [5.74, 6) is -1.29. The molecule has 8 heteroatoms. The van der Waals surface area contributed by atoms with Crippen molar-refractivity contribution in [1.82, 2.24) is 0 Å². The normalized spacial score (nSPS) is 21.5. The number of fused-ring (bicyclic) bond motifs is 1. The molecule has 2 aliphatic rings. The fourth-order valence-electron chi connectivity index (χ4n) is 5.13. The minimum Gasteiger partial charge on any atom is -0.503 e. The van der Waals surface area contributed by atoms with E-state index in [1.807, 2.05) is 45.0 Å². The first-order chi connectivity index (χ1) is 17.6. The topological polar surface area (TPSA) is 85.2 Å². The number of rotatable bonds is 7. The molecule has 1 unspecified atom stereocenters. The van der Waals surface area contributed by atoms with E-state index in [1.165, 1.54) is 0 Å². The quantitative estimate of drug-likeness (QED) is 0.353. The summed E-state index contributed by atoms with van der Waals surface area (Å²) in [6.07, 6.45) is 0.921. The average molecular weight is 589 g/mol. The van der Waals surface area contributed by atoms with Crippen molar-refractivity contribution in [3.8, 4) is 11.5 Å². The highest BCUT2D eigenvalue weighted by atomic mass is 79.9. The molecule has 196 valence electrons. The second kappa shape index (κ2) is 11.4. The van der Waals surface area contributed by atoms with E-state index in [4.69, 9.17) is 26.1 Å². The van der Waals surface area contributed by atoms with Gasteiger partial charge in [0.1, 0.15) is 5.78 Å². The van der Waals surface area contributed by atoms with E-state index in [0.29, 0.717) is 45.8 Å². The number of benzene rings is 2. The molecule has 1 aliphatic heterocycles. The Labute approximate surface area is 230 Å². The standard InChI is InChI=1S/C29H31BrClNO5/c1-5-36-24-13-19(10-21(30)28(24)34)26-25(29(35)37-14-15(2)3)16(4)32-22-11-18(12-23(33)27(22)26)17-6-8-20(31)9-7-17/h6-10,13,15,18,26-27,34H,5,11-12,14H2,1-4H3/t18-,26+,27?/m0/s1. The lowest BCUT2D eigenvalue weighted by Crippen LogP contribution is -2.41. The molecule has 0 saturated heterocycles. The molecule has 1 fully saturated rings. The Morgan fingerprint density at radius 3 is 2.51 bits per heavy atom. The number of ketones is 1. The molecule has 0 spiro atoms. The molecular formula is C29H31BrClNO5. The summed E-state index contributed by atoms with van der Waals surface area (Å²) >= 11 is 9.49.